The molecule has 0 bridgehead atoms. The highest BCUT2D eigenvalue weighted by Gasteiger charge is 2.45. The van der Waals surface area contributed by atoms with Crippen LogP contribution in [-0.2, 0) is 33.1 Å². The number of carboxylic acids is 1. The number of nitrogens with zero attached hydrogens (tertiary/aromatic N) is 2. The normalized spacial score (nSPS) is 19.2. The van der Waals surface area contributed by atoms with Crippen molar-refractivity contribution >= 4 is 28.9 Å². The maximum absolute atomic E-state index is 13.1. The van der Waals surface area contributed by atoms with Gasteiger partial charge in [0.15, 0.2) is 5.60 Å². The van der Waals surface area contributed by atoms with Crippen LogP contribution in [-0.4, -0.2) is 31.7 Å². The number of benzene rings is 1. The molecule has 0 spiro atoms. The summed E-state index contributed by atoms with van der Waals surface area (Å²) in [6.45, 7) is 1.83. The highest BCUT2D eigenvalue weighted by atomic mass is 16.6. The highest BCUT2D eigenvalue weighted by molar-refractivity contribution is 5.89. The molecule has 3 aromatic rings. The monoisotopic (exact) mass is 418 g/mol. The molecule has 0 saturated heterocycles. The van der Waals surface area contributed by atoms with E-state index in [2.05, 4.69) is 0 Å². The van der Waals surface area contributed by atoms with Crippen molar-refractivity contribution in [1.82, 2.24) is 9.55 Å². The van der Waals surface area contributed by atoms with E-state index in [-0.39, 0.29) is 29.7 Å². The number of pyridine rings is 2. The first-order valence-corrected chi connectivity index (χ1v) is 9.83. The first kappa shape index (κ1) is 19.2. The molecule has 31 heavy (non-hydrogen) atoms. The van der Waals surface area contributed by atoms with Crippen molar-refractivity contribution in [1.29, 1.82) is 0 Å². The van der Waals surface area contributed by atoms with Crippen LogP contribution in [0.15, 0.2) is 41.2 Å². The minimum atomic E-state index is -1.86. The number of cyclic esters (lactones) is 1. The number of aliphatic carboxylic acids is 1. The lowest BCUT2D eigenvalue weighted by Gasteiger charge is -2.31. The molecule has 2 aromatic heterocycles. The molecule has 0 aliphatic carbocycles. The third-order valence-corrected chi connectivity index (χ3v) is 5.95. The number of carbonyl (C=O) groups excluding carboxylic acids is 1. The van der Waals surface area contributed by atoms with Crippen LogP contribution in [0.4, 0.5) is 0 Å². The number of carbonyl (C=O) groups is 2. The number of fused-ring (bicyclic) bond motifs is 5. The van der Waals surface area contributed by atoms with Crippen LogP contribution >= 0.6 is 0 Å². The van der Waals surface area contributed by atoms with Gasteiger partial charge in [0.2, 0.25) is 0 Å². The molecule has 0 radical (unpaired) electrons. The predicted molar refractivity (Wildman–Crippen MR) is 111 cm³/mol. The average Bonchev–Trinajstić information content (AvgIpc) is 3.11. The van der Waals surface area contributed by atoms with Gasteiger partial charge in [0.25, 0.3) is 5.56 Å². The van der Waals surface area contributed by atoms with Gasteiger partial charge < -0.3 is 19.5 Å². The first-order chi connectivity index (χ1) is 14.8. The number of rotatable bonds is 3. The second-order valence-electron chi connectivity index (χ2n) is 7.72. The van der Waals surface area contributed by atoms with Gasteiger partial charge in [-0.2, -0.15) is 0 Å². The summed E-state index contributed by atoms with van der Waals surface area (Å²) in [5, 5.41) is 20.6. The van der Waals surface area contributed by atoms with Crippen LogP contribution in [0.25, 0.3) is 28.4 Å². The van der Waals surface area contributed by atoms with Gasteiger partial charge in [0.1, 0.15) is 6.61 Å². The second kappa shape index (κ2) is 6.61. The second-order valence-corrected chi connectivity index (χ2v) is 7.72. The lowest BCUT2D eigenvalue weighted by atomic mass is 9.86. The van der Waals surface area contributed by atoms with E-state index in [0.717, 1.165) is 17.0 Å². The van der Waals surface area contributed by atoms with E-state index in [9.17, 15) is 19.5 Å². The van der Waals surface area contributed by atoms with Crippen molar-refractivity contribution in [2.75, 3.05) is 0 Å². The Bertz CT molecular complexity index is 1390. The van der Waals surface area contributed by atoms with E-state index in [1.54, 1.807) is 29.7 Å². The summed E-state index contributed by atoms with van der Waals surface area (Å²) in [5.41, 5.74) is 1.71. The van der Waals surface area contributed by atoms with Gasteiger partial charge >= 0.3 is 11.9 Å². The molecular formula is C23H18N2O6. The molecule has 0 unspecified atom stereocenters. The van der Waals surface area contributed by atoms with Crippen molar-refractivity contribution in [2.45, 2.75) is 32.1 Å². The Morgan fingerprint density at radius 3 is 2.84 bits per heavy atom. The van der Waals surface area contributed by atoms with Crippen LogP contribution in [0.3, 0.4) is 0 Å². The summed E-state index contributed by atoms with van der Waals surface area (Å²) < 4.78 is 6.66. The fourth-order valence-corrected chi connectivity index (χ4v) is 4.26. The van der Waals surface area contributed by atoms with E-state index < -0.39 is 17.5 Å². The maximum Gasteiger partial charge on any atom is 0.343 e. The molecule has 1 atom stereocenters. The number of ether oxygens (including phenoxy) is 1. The van der Waals surface area contributed by atoms with Gasteiger partial charge in [0, 0.05) is 22.6 Å². The summed E-state index contributed by atoms with van der Waals surface area (Å²) in [5.74, 6) is -1.80. The van der Waals surface area contributed by atoms with Gasteiger partial charge in [-0.1, -0.05) is 19.1 Å². The molecule has 0 fully saturated rings. The topological polar surface area (TPSA) is 119 Å². The minimum Gasteiger partial charge on any atom is -0.478 e. The van der Waals surface area contributed by atoms with Gasteiger partial charge in [-0.25, -0.2) is 14.6 Å². The van der Waals surface area contributed by atoms with Crippen LogP contribution in [0.1, 0.15) is 35.6 Å². The Labute approximate surface area is 176 Å². The third-order valence-electron chi connectivity index (χ3n) is 5.95. The molecule has 2 N–H and O–H groups in total. The zero-order chi connectivity index (χ0) is 21.9. The molecule has 0 amide bonds. The zero-order valence-corrected chi connectivity index (χ0v) is 16.6. The minimum absolute atomic E-state index is 0.0823. The number of hydrogen-bond donors (Lipinski definition) is 2. The summed E-state index contributed by atoms with van der Waals surface area (Å²) in [6.07, 6.45) is 2.62. The Hall–Kier alpha value is -3.78. The Morgan fingerprint density at radius 1 is 1.29 bits per heavy atom. The van der Waals surface area contributed by atoms with E-state index in [1.807, 2.05) is 12.1 Å². The molecule has 0 saturated carbocycles. The lowest BCUT2D eigenvalue weighted by molar-refractivity contribution is -0.172. The summed E-state index contributed by atoms with van der Waals surface area (Å²) in [7, 11) is 0. The molecule has 8 heteroatoms. The summed E-state index contributed by atoms with van der Waals surface area (Å²) in [4.78, 5) is 40.9. The average molecular weight is 418 g/mol. The molecule has 1 aromatic carbocycles. The number of aromatic nitrogens is 2. The molecule has 8 nitrogen and oxygen atoms in total. The van der Waals surface area contributed by atoms with E-state index >= 15 is 0 Å². The number of carboxylic acid groups (broad SMARTS) is 1. The van der Waals surface area contributed by atoms with E-state index in [4.69, 9.17) is 14.8 Å². The zero-order valence-electron chi connectivity index (χ0n) is 16.6. The fraction of sp³-hybridized carbons (Fsp3) is 0.217. The van der Waals surface area contributed by atoms with E-state index in [1.165, 1.54) is 6.08 Å². The van der Waals surface area contributed by atoms with E-state index in [0.29, 0.717) is 29.0 Å². The Kier molecular flexibility index (Phi) is 4.10. The Morgan fingerprint density at radius 2 is 2.10 bits per heavy atom. The van der Waals surface area contributed by atoms with Crippen LogP contribution in [0.5, 0.6) is 0 Å². The smallest absolute Gasteiger partial charge is 0.343 e. The van der Waals surface area contributed by atoms with Gasteiger partial charge in [-0.3, -0.25) is 4.79 Å². The van der Waals surface area contributed by atoms with Crippen LogP contribution < -0.4 is 5.56 Å². The van der Waals surface area contributed by atoms with Crippen molar-refractivity contribution in [3.8, 4) is 11.4 Å². The molecule has 5 rings (SSSR count). The molecule has 2 aliphatic rings. The molecule has 156 valence electrons. The predicted octanol–water partition coefficient (Wildman–Crippen LogP) is 2.18. The standard InChI is InChI=1S/C23H18N2O6/c1-2-23(30)16-9-18-20-14(10-25(18)21(28)15(16)11-31-22(23)29)8-13-5-3-12(4-6-19(26)27)7-17(13)24-20/h3-9,30H,2,10-11H2,1H3,(H,26,27)/t23-/m0/s1. The third kappa shape index (κ3) is 2.79. The van der Waals surface area contributed by atoms with Crippen LogP contribution in [0.2, 0.25) is 0 Å². The van der Waals surface area contributed by atoms with Gasteiger partial charge in [-0.05, 0) is 36.3 Å². The fourth-order valence-electron chi connectivity index (χ4n) is 4.26. The van der Waals surface area contributed by atoms with Crippen molar-refractivity contribution < 1.29 is 24.5 Å². The van der Waals surface area contributed by atoms with Gasteiger partial charge in [-0.15, -0.1) is 0 Å². The van der Waals surface area contributed by atoms with Crippen LogP contribution in [0, 0.1) is 0 Å². The number of esters is 1. The molecular weight excluding hydrogens is 400 g/mol. The number of hydrogen-bond acceptors (Lipinski definition) is 6. The maximum atomic E-state index is 13.1. The quantitative estimate of drug-likeness (QED) is 0.387. The van der Waals surface area contributed by atoms with Crippen molar-refractivity contribution in [2.24, 2.45) is 0 Å². The molecule has 4 heterocycles. The Balaban J connectivity index is 1.70. The van der Waals surface area contributed by atoms with Crippen molar-refractivity contribution in [3.63, 3.8) is 0 Å². The summed E-state index contributed by atoms with van der Waals surface area (Å²) in [6, 6.07) is 9.03. The largest absolute Gasteiger partial charge is 0.478 e. The number of aliphatic hydroxyl groups is 1. The highest BCUT2D eigenvalue weighted by Crippen LogP contribution is 2.38. The first-order valence-electron chi connectivity index (χ1n) is 9.83. The molecule has 2 aliphatic heterocycles. The van der Waals surface area contributed by atoms with Gasteiger partial charge in [0.05, 0.1) is 29.0 Å². The lowest BCUT2D eigenvalue weighted by Crippen LogP contribution is -2.44. The summed E-state index contributed by atoms with van der Waals surface area (Å²) >= 11 is 0. The van der Waals surface area contributed by atoms with Crippen molar-refractivity contribution in [3.05, 3.63) is 69.0 Å². The SMILES string of the molecule is CC[C@@]1(O)C(=O)OCc2c1cc1n(c2=O)Cc2cc3ccc(C=CC(=O)O)cc3nc2-1.